The van der Waals surface area contributed by atoms with Gasteiger partial charge < -0.3 is 10.1 Å². The lowest BCUT2D eigenvalue weighted by Gasteiger charge is -2.31. The van der Waals surface area contributed by atoms with Gasteiger partial charge in [0.1, 0.15) is 0 Å². The molecule has 1 aliphatic heterocycles. The molecule has 0 radical (unpaired) electrons. The van der Waals surface area contributed by atoms with E-state index in [1.54, 1.807) is 45.2 Å². The number of fused-ring (bicyclic) bond motifs is 1. The van der Waals surface area contributed by atoms with Crippen LogP contribution in [0.2, 0.25) is 0 Å². The summed E-state index contributed by atoms with van der Waals surface area (Å²) in [6.07, 6.45) is 3.01. The second-order valence-electron chi connectivity index (χ2n) is 7.92. The van der Waals surface area contributed by atoms with Crippen LogP contribution in [0.15, 0.2) is 35.4 Å². The number of pyridine rings is 1. The second kappa shape index (κ2) is 7.18. The summed E-state index contributed by atoms with van der Waals surface area (Å²) in [7, 11) is -1.74. The van der Waals surface area contributed by atoms with Gasteiger partial charge >= 0.3 is 0 Å². The molecule has 8 heteroatoms. The highest BCUT2D eigenvalue weighted by Crippen LogP contribution is 2.25. The van der Waals surface area contributed by atoms with Crippen molar-refractivity contribution in [2.24, 2.45) is 0 Å². The fraction of sp³-hybridized carbons (Fsp3) is 0.474. The SMILES string of the molecule is CN1CCN(S(=O)(=O)c2cc3cccnc3cc2/C=[N+](\[O-])C(C)(C)C)CC1. The van der Waals surface area contributed by atoms with Crippen molar-refractivity contribution in [1.29, 1.82) is 0 Å². The van der Waals surface area contributed by atoms with Crippen molar-refractivity contribution >= 4 is 27.1 Å². The van der Waals surface area contributed by atoms with Crippen LogP contribution in [0.25, 0.3) is 10.9 Å². The monoisotopic (exact) mass is 390 g/mol. The average Bonchev–Trinajstić information content (AvgIpc) is 2.60. The van der Waals surface area contributed by atoms with Crippen molar-refractivity contribution in [2.75, 3.05) is 33.2 Å². The second-order valence-corrected chi connectivity index (χ2v) is 9.83. The quantitative estimate of drug-likeness (QED) is 0.346. The molecular weight excluding hydrogens is 364 g/mol. The molecular formula is C19H26N4O3S. The third-order valence-corrected chi connectivity index (χ3v) is 6.69. The first-order valence-electron chi connectivity index (χ1n) is 8.98. The van der Waals surface area contributed by atoms with Gasteiger partial charge in [0, 0.05) is 58.5 Å². The molecule has 146 valence electrons. The van der Waals surface area contributed by atoms with E-state index in [0.29, 0.717) is 37.3 Å². The molecule has 0 N–H and O–H groups in total. The number of hydrogen-bond acceptors (Lipinski definition) is 5. The zero-order chi connectivity index (χ0) is 19.8. The van der Waals surface area contributed by atoms with Crippen molar-refractivity contribution in [3.63, 3.8) is 0 Å². The van der Waals surface area contributed by atoms with Gasteiger partial charge in [-0.05, 0) is 25.2 Å². The fourth-order valence-electron chi connectivity index (χ4n) is 2.93. The van der Waals surface area contributed by atoms with Crippen molar-refractivity contribution in [1.82, 2.24) is 14.2 Å². The summed E-state index contributed by atoms with van der Waals surface area (Å²) in [6.45, 7) is 7.58. The number of benzene rings is 1. The minimum atomic E-state index is -3.72. The average molecular weight is 391 g/mol. The van der Waals surface area contributed by atoms with E-state index in [1.807, 2.05) is 13.1 Å². The number of nitrogens with zero attached hydrogens (tertiary/aromatic N) is 4. The molecule has 2 heterocycles. The van der Waals surface area contributed by atoms with Crippen LogP contribution < -0.4 is 0 Å². The zero-order valence-electron chi connectivity index (χ0n) is 16.2. The summed E-state index contributed by atoms with van der Waals surface area (Å²) >= 11 is 0. The lowest BCUT2D eigenvalue weighted by atomic mass is 10.1. The van der Waals surface area contributed by atoms with Gasteiger partial charge in [0.05, 0.1) is 16.0 Å². The third-order valence-electron chi connectivity index (χ3n) is 4.73. The number of hydroxylamine groups is 1. The summed E-state index contributed by atoms with van der Waals surface area (Å²) in [5.41, 5.74) is 0.349. The maximum absolute atomic E-state index is 13.3. The van der Waals surface area contributed by atoms with E-state index in [-0.39, 0.29) is 4.90 Å². The van der Waals surface area contributed by atoms with Gasteiger partial charge in [-0.25, -0.2) is 13.2 Å². The molecule has 0 atom stereocenters. The van der Waals surface area contributed by atoms with E-state index in [9.17, 15) is 13.6 Å². The lowest BCUT2D eigenvalue weighted by Crippen LogP contribution is -2.47. The van der Waals surface area contributed by atoms with Crippen LogP contribution in [0.1, 0.15) is 26.3 Å². The molecule has 2 aromatic rings. The van der Waals surface area contributed by atoms with Gasteiger partial charge in [-0.1, -0.05) is 6.07 Å². The van der Waals surface area contributed by atoms with Gasteiger partial charge in [0.25, 0.3) is 0 Å². The zero-order valence-corrected chi connectivity index (χ0v) is 17.0. The Hall–Kier alpha value is -2.03. The Morgan fingerprint density at radius 3 is 2.48 bits per heavy atom. The summed E-state index contributed by atoms with van der Waals surface area (Å²) in [4.78, 5) is 6.55. The molecule has 0 bridgehead atoms. The Bertz CT molecular complexity index is 972. The predicted octanol–water partition coefficient (Wildman–Crippen LogP) is 1.90. The molecule has 1 aromatic carbocycles. The van der Waals surface area contributed by atoms with Crippen LogP contribution in [-0.4, -0.2) is 72.3 Å². The highest BCUT2D eigenvalue weighted by Gasteiger charge is 2.31. The highest BCUT2D eigenvalue weighted by molar-refractivity contribution is 7.89. The molecule has 1 aromatic heterocycles. The fourth-order valence-corrected chi connectivity index (χ4v) is 4.53. The third kappa shape index (κ3) is 4.12. The van der Waals surface area contributed by atoms with Crippen LogP contribution >= 0.6 is 0 Å². The van der Waals surface area contributed by atoms with Crippen LogP contribution in [0.4, 0.5) is 0 Å². The van der Waals surface area contributed by atoms with E-state index in [1.165, 1.54) is 10.5 Å². The van der Waals surface area contributed by atoms with Gasteiger partial charge in [-0.3, -0.25) is 4.98 Å². The van der Waals surface area contributed by atoms with E-state index >= 15 is 0 Å². The predicted molar refractivity (Wildman–Crippen MR) is 107 cm³/mol. The lowest BCUT2D eigenvalue weighted by molar-refractivity contribution is -0.530. The number of sulfonamides is 1. The first-order valence-corrected chi connectivity index (χ1v) is 10.4. The standard InChI is InChI=1S/C19H26N4O3S/c1-19(2,3)23(24)14-16-12-17-15(6-5-7-20-17)13-18(16)27(25,26)22-10-8-21(4)9-11-22/h5-7,12-14H,8-11H2,1-4H3/b23-14-. The molecule has 3 rings (SSSR count). The minimum absolute atomic E-state index is 0.151. The Morgan fingerprint density at radius 1 is 1.19 bits per heavy atom. The molecule has 0 unspecified atom stereocenters. The molecule has 0 amide bonds. The van der Waals surface area contributed by atoms with E-state index in [0.717, 1.165) is 10.1 Å². The molecule has 1 aliphatic rings. The molecule has 27 heavy (non-hydrogen) atoms. The molecule has 1 fully saturated rings. The topological polar surface area (TPSA) is 79.6 Å². The van der Waals surface area contributed by atoms with Gasteiger partial charge in [-0.2, -0.15) is 4.31 Å². The van der Waals surface area contributed by atoms with Crippen LogP contribution in [0.3, 0.4) is 0 Å². The molecule has 0 aliphatic carbocycles. The largest absolute Gasteiger partial charge is 0.623 e. The Labute approximate surface area is 160 Å². The maximum Gasteiger partial charge on any atom is 0.244 e. The number of aromatic nitrogens is 1. The van der Waals surface area contributed by atoms with Crippen LogP contribution in [0.5, 0.6) is 0 Å². The summed E-state index contributed by atoms with van der Waals surface area (Å²) in [5, 5.41) is 13.2. The number of hydrogen-bond donors (Lipinski definition) is 0. The van der Waals surface area contributed by atoms with Crippen molar-refractivity contribution in [3.8, 4) is 0 Å². The summed E-state index contributed by atoms with van der Waals surface area (Å²) in [5.74, 6) is 0. The Balaban J connectivity index is 2.16. The first kappa shape index (κ1) is 19.7. The molecule has 0 spiro atoms. The molecule has 0 saturated carbocycles. The van der Waals surface area contributed by atoms with Crippen molar-refractivity contribution in [2.45, 2.75) is 31.2 Å². The molecule has 1 saturated heterocycles. The number of rotatable bonds is 3. The number of piperazine rings is 1. The molecule has 7 nitrogen and oxygen atoms in total. The van der Waals surface area contributed by atoms with E-state index in [4.69, 9.17) is 0 Å². The summed E-state index contributed by atoms with van der Waals surface area (Å²) < 4.78 is 29.0. The smallest absolute Gasteiger partial charge is 0.244 e. The van der Waals surface area contributed by atoms with Crippen molar-refractivity contribution in [3.05, 3.63) is 41.2 Å². The Kier molecular flexibility index (Phi) is 5.24. The number of likely N-dealkylation sites (N-methyl/N-ethyl adjacent to an activating group) is 1. The van der Waals surface area contributed by atoms with Gasteiger partial charge in [-0.15, -0.1) is 0 Å². The van der Waals surface area contributed by atoms with Gasteiger partial charge in [0.15, 0.2) is 11.8 Å². The van der Waals surface area contributed by atoms with E-state index in [2.05, 4.69) is 9.88 Å². The Morgan fingerprint density at radius 2 is 1.85 bits per heavy atom. The van der Waals surface area contributed by atoms with E-state index < -0.39 is 15.6 Å². The maximum atomic E-state index is 13.3. The normalized spacial score (nSPS) is 18.1. The van der Waals surface area contributed by atoms with Crippen LogP contribution in [0, 0.1) is 5.21 Å². The summed E-state index contributed by atoms with van der Waals surface area (Å²) in [6, 6.07) is 6.90. The van der Waals surface area contributed by atoms with Crippen molar-refractivity contribution < 1.29 is 13.2 Å². The van der Waals surface area contributed by atoms with Gasteiger partial charge in [0.2, 0.25) is 10.0 Å². The minimum Gasteiger partial charge on any atom is -0.623 e. The highest BCUT2D eigenvalue weighted by atomic mass is 32.2. The first-order chi connectivity index (χ1) is 12.6. The van der Waals surface area contributed by atoms with Crippen LogP contribution in [-0.2, 0) is 10.0 Å².